The standard InChI is InChI=1S/C14H15BrO4/c1-8-9(15)7-10-12(19-6-5-18-10)11(8)14(13(16)17)3-2-4-14/h7H,2-6H2,1H3,(H,16,17). The predicted octanol–water partition coefficient (Wildman–Crippen LogP) is 3.04. The second kappa shape index (κ2) is 4.40. The molecule has 1 fully saturated rings. The zero-order valence-electron chi connectivity index (χ0n) is 10.7. The van der Waals surface area contributed by atoms with Crippen LogP contribution in [-0.4, -0.2) is 24.3 Å². The maximum absolute atomic E-state index is 11.7. The quantitative estimate of drug-likeness (QED) is 0.907. The lowest BCUT2D eigenvalue weighted by atomic mass is 9.63. The first kappa shape index (κ1) is 12.8. The Balaban J connectivity index is 2.24. The van der Waals surface area contributed by atoms with Crippen LogP contribution in [0.4, 0.5) is 0 Å². The first-order valence-corrected chi connectivity index (χ1v) is 7.18. The van der Waals surface area contributed by atoms with Crippen LogP contribution in [0.3, 0.4) is 0 Å². The molecule has 0 atom stereocenters. The number of carbonyl (C=O) groups is 1. The number of aliphatic carboxylic acids is 1. The minimum Gasteiger partial charge on any atom is -0.486 e. The van der Waals surface area contributed by atoms with Crippen LogP contribution >= 0.6 is 15.9 Å². The highest BCUT2D eigenvalue weighted by Crippen LogP contribution is 2.53. The molecule has 0 unspecified atom stereocenters. The van der Waals surface area contributed by atoms with Gasteiger partial charge < -0.3 is 14.6 Å². The van der Waals surface area contributed by atoms with Crippen molar-refractivity contribution in [3.8, 4) is 11.5 Å². The number of fused-ring (bicyclic) bond motifs is 1. The Labute approximate surface area is 119 Å². The van der Waals surface area contributed by atoms with Gasteiger partial charge in [-0.2, -0.15) is 0 Å². The van der Waals surface area contributed by atoms with Gasteiger partial charge >= 0.3 is 5.97 Å². The number of halogens is 1. The third kappa shape index (κ3) is 1.75. The summed E-state index contributed by atoms with van der Waals surface area (Å²) in [5.74, 6) is 0.497. The first-order valence-electron chi connectivity index (χ1n) is 6.39. The van der Waals surface area contributed by atoms with Crippen molar-refractivity contribution in [2.45, 2.75) is 31.6 Å². The van der Waals surface area contributed by atoms with E-state index in [1.165, 1.54) is 0 Å². The number of benzene rings is 1. The Morgan fingerprint density at radius 1 is 1.37 bits per heavy atom. The Hall–Kier alpha value is -1.23. The number of rotatable bonds is 2. The Morgan fingerprint density at radius 2 is 2.05 bits per heavy atom. The van der Waals surface area contributed by atoms with Gasteiger partial charge in [0.05, 0.1) is 5.41 Å². The number of hydrogen-bond acceptors (Lipinski definition) is 3. The van der Waals surface area contributed by atoms with Gasteiger partial charge in [-0.3, -0.25) is 4.79 Å². The highest BCUT2D eigenvalue weighted by molar-refractivity contribution is 9.10. The number of carboxylic acids is 1. The van der Waals surface area contributed by atoms with Crippen molar-refractivity contribution in [2.24, 2.45) is 0 Å². The molecule has 4 nitrogen and oxygen atoms in total. The third-order valence-corrected chi connectivity index (χ3v) is 4.95. The fourth-order valence-electron chi connectivity index (χ4n) is 2.93. The van der Waals surface area contributed by atoms with E-state index in [4.69, 9.17) is 9.47 Å². The van der Waals surface area contributed by atoms with Crippen LogP contribution in [0.1, 0.15) is 30.4 Å². The topological polar surface area (TPSA) is 55.8 Å². The minimum atomic E-state index is -0.807. The van der Waals surface area contributed by atoms with E-state index in [0.717, 1.165) is 22.0 Å². The van der Waals surface area contributed by atoms with Crippen LogP contribution < -0.4 is 9.47 Å². The molecule has 102 valence electrons. The second-order valence-electron chi connectivity index (χ2n) is 5.12. The summed E-state index contributed by atoms with van der Waals surface area (Å²) in [6.45, 7) is 2.90. The molecule has 0 spiro atoms. The molecule has 1 aliphatic heterocycles. The minimum absolute atomic E-state index is 0.469. The van der Waals surface area contributed by atoms with E-state index in [0.29, 0.717) is 37.6 Å². The van der Waals surface area contributed by atoms with Crippen LogP contribution in [0.5, 0.6) is 11.5 Å². The average molecular weight is 327 g/mol. The summed E-state index contributed by atoms with van der Waals surface area (Å²) < 4.78 is 12.2. The summed E-state index contributed by atoms with van der Waals surface area (Å²) in [6, 6.07) is 1.86. The van der Waals surface area contributed by atoms with Crippen LogP contribution in [0.25, 0.3) is 0 Å². The van der Waals surface area contributed by atoms with E-state index in [-0.39, 0.29) is 0 Å². The molecule has 1 aromatic rings. The van der Waals surface area contributed by atoms with Gasteiger partial charge in [0, 0.05) is 10.0 Å². The van der Waals surface area contributed by atoms with Crippen molar-refractivity contribution in [3.63, 3.8) is 0 Å². The van der Waals surface area contributed by atoms with Crippen LogP contribution in [0.2, 0.25) is 0 Å². The second-order valence-corrected chi connectivity index (χ2v) is 5.98. The van der Waals surface area contributed by atoms with E-state index in [2.05, 4.69) is 15.9 Å². The summed E-state index contributed by atoms with van der Waals surface area (Å²) in [6.07, 6.45) is 2.26. The molecule has 19 heavy (non-hydrogen) atoms. The summed E-state index contributed by atoms with van der Waals surface area (Å²) in [7, 11) is 0. The van der Waals surface area contributed by atoms with Gasteiger partial charge in [0.15, 0.2) is 11.5 Å². The van der Waals surface area contributed by atoms with Crippen molar-refractivity contribution in [3.05, 3.63) is 21.7 Å². The molecule has 2 aliphatic rings. The summed E-state index contributed by atoms with van der Waals surface area (Å²) in [4.78, 5) is 11.7. The van der Waals surface area contributed by atoms with Gasteiger partial charge in [0.25, 0.3) is 0 Å². The molecule has 1 heterocycles. The molecule has 0 bridgehead atoms. The lowest BCUT2D eigenvalue weighted by molar-refractivity contribution is -0.147. The van der Waals surface area contributed by atoms with Gasteiger partial charge in [-0.25, -0.2) is 0 Å². The molecule has 5 heteroatoms. The molecule has 1 saturated carbocycles. The predicted molar refractivity (Wildman–Crippen MR) is 73.0 cm³/mol. The Morgan fingerprint density at radius 3 is 2.63 bits per heavy atom. The van der Waals surface area contributed by atoms with E-state index in [1.54, 1.807) is 0 Å². The molecule has 0 aromatic heterocycles. The average Bonchev–Trinajstić information content (AvgIpc) is 2.32. The summed E-state index contributed by atoms with van der Waals surface area (Å²) in [5.41, 5.74) is 0.917. The molecule has 0 radical (unpaired) electrons. The van der Waals surface area contributed by atoms with E-state index >= 15 is 0 Å². The maximum Gasteiger partial charge on any atom is 0.314 e. The highest BCUT2D eigenvalue weighted by Gasteiger charge is 2.49. The molecule has 1 N–H and O–H groups in total. The number of carboxylic acid groups (broad SMARTS) is 1. The van der Waals surface area contributed by atoms with Gasteiger partial charge in [0.2, 0.25) is 0 Å². The first-order chi connectivity index (χ1) is 9.06. The zero-order chi connectivity index (χ0) is 13.6. The molecule has 3 rings (SSSR count). The van der Waals surface area contributed by atoms with Crippen molar-refractivity contribution < 1.29 is 19.4 Å². The third-order valence-electron chi connectivity index (χ3n) is 4.12. The van der Waals surface area contributed by atoms with Gasteiger partial charge in [-0.05, 0) is 31.4 Å². The molecule has 0 amide bonds. The van der Waals surface area contributed by atoms with Crippen molar-refractivity contribution in [1.29, 1.82) is 0 Å². The van der Waals surface area contributed by atoms with Crippen molar-refractivity contribution in [2.75, 3.05) is 13.2 Å². The maximum atomic E-state index is 11.7. The van der Waals surface area contributed by atoms with Gasteiger partial charge in [-0.15, -0.1) is 0 Å². The summed E-state index contributed by atoms with van der Waals surface area (Å²) >= 11 is 3.49. The molecule has 1 aliphatic carbocycles. The molecular weight excluding hydrogens is 312 g/mol. The van der Waals surface area contributed by atoms with Crippen LogP contribution in [0, 0.1) is 6.92 Å². The normalized spacial score (nSPS) is 19.7. The lowest BCUT2D eigenvalue weighted by Crippen LogP contribution is -2.43. The van der Waals surface area contributed by atoms with Gasteiger partial charge in [-0.1, -0.05) is 22.4 Å². The van der Waals surface area contributed by atoms with Crippen LogP contribution in [-0.2, 0) is 10.2 Å². The number of hydrogen-bond donors (Lipinski definition) is 1. The van der Waals surface area contributed by atoms with Crippen molar-refractivity contribution >= 4 is 21.9 Å². The van der Waals surface area contributed by atoms with E-state index in [1.807, 2.05) is 13.0 Å². The fraction of sp³-hybridized carbons (Fsp3) is 0.500. The lowest BCUT2D eigenvalue weighted by Gasteiger charge is -2.41. The van der Waals surface area contributed by atoms with Gasteiger partial charge in [0.1, 0.15) is 13.2 Å². The van der Waals surface area contributed by atoms with E-state index in [9.17, 15) is 9.90 Å². The van der Waals surface area contributed by atoms with E-state index < -0.39 is 11.4 Å². The molecular formula is C14H15BrO4. The molecule has 1 aromatic carbocycles. The van der Waals surface area contributed by atoms with Crippen molar-refractivity contribution in [1.82, 2.24) is 0 Å². The monoisotopic (exact) mass is 326 g/mol. The van der Waals surface area contributed by atoms with Crippen LogP contribution in [0.15, 0.2) is 10.5 Å². The SMILES string of the molecule is Cc1c(Br)cc2c(c1C1(C(=O)O)CCC1)OCCO2. The summed E-state index contributed by atoms with van der Waals surface area (Å²) in [5, 5.41) is 9.64. The fourth-order valence-corrected chi connectivity index (χ4v) is 3.33. The Kier molecular flexibility index (Phi) is 2.96. The molecule has 0 saturated heterocycles. The smallest absolute Gasteiger partial charge is 0.314 e. The zero-order valence-corrected chi connectivity index (χ0v) is 12.2. The Bertz CT molecular complexity index is 549. The largest absolute Gasteiger partial charge is 0.486 e. The number of ether oxygens (including phenoxy) is 2. The highest BCUT2D eigenvalue weighted by atomic mass is 79.9.